The van der Waals surface area contributed by atoms with E-state index >= 15 is 0 Å². The Morgan fingerprint density at radius 1 is 1.20 bits per heavy atom. The Labute approximate surface area is 90.9 Å². The first kappa shape index (κ1) is 10.6. The molecule has 0 aromatic heterocycles. The van der Waals surface area contributed by atoms with Gasteiger partial charge in [0, 0.05) is 6.04 Å². The summed E-state index contributed by atoms with van der Waals surface area (Å²) in [5, 5.41) is 0. The number of hydrogen-bond acceptors (Lipinski definition) is 1. The van der Waals surface area contributed by atoms with Crippen LogP contribution in [0.15, 0.2) is 24.3 Å². The predicted octanol–water partition coefficient (Wildman–Crippen LogP) is 3.37. The van der Waals surface area contributed by atoms with Crippen molar-refractivity contribution < 1.29 is 4.39 Å². The smallest absolute Gasteiger partial charge is 0.123 e. The molecule has 0 saturated carbocycles. The van der Waals surface area contributed by atoms with E-state index in [0.29, 0.717) is 6.04 Å². The number of nitrogens with zero attached hydrogens (tertiary/aromatic N) is 1. The molecular weight excluding hydrogens is 189 g/mol. The quantitative estimate of drug-likeness (QED) is 0.718. The summed E-state index contributed by atoms with van der Waals surface area (Å²) in [5.74, 6) is -0.128. The minimum atomic E-state index is -0.128. The second kappa shape index (κ2) is 4.75. The van der Waals surface area contributed by atoms with Crippen molar-refractivity contribution in [3.63, 3.8) is 0 Å². The van der Waals surface area contributed by atoms with Gasteiger partial charge in [0.2, 0.25) is 0 Å². The molecule has 82 valence electrons. The van der Waals surface area contributed by atoms with Gasteiger partial charge in [0.1, 0.15) is 5.82 Å². The molecular formula is C13H18FN. The zero-order chi connectivity index (χ0) is 10.7. The SMILES string of the molecule is CC(c1cccc(F)c1)N1CCCCC1. The Balaban J connectivity index is 2.08. The highest BCUT2D eigenvalue weighted by atomic mass is 19.1. The Bertz CT molecular complexity index is 318. The zero-order valence-electron chi connectivity index (χ0n) is 9.25. The summed E-state index contributed by atoms with van der Waals surface area (Å²) in [6.07, 6.45) is 3.89. The van der Waals surface area contributed by atoms with Crippen LogP contribution in [0.1, 0.15) is 37.8 Å². The van der Waals surface area contributed by atoms with Crippen molar-refractivity contribution in [2.24, 2.45) is 0 Å². The van der Waals surface area contributed by atoms with Crippen molar-refractivity contribution >= 4 is 0 Å². The molecule has 1 nitrogen and oxygen atoms in total. The molecule has 0 N–H and O–H groups in total. The predicted molar refractivity (Wildman–Crippen MR) is 60.2 cm³/mol. The third-order valence-electron chi connectivity index (χ3n) is 3.27. The van der Waals surface area contributed by atoms with Crippen molar-refractivity contribution in [1.29, 1.82) is 0 Å². The van der Waals surface area contributed by atoms with E-state index in [-0.39, 0.29) is 5.82 Å². The van der Waals surface area contributed by atoms with Crippen LogP contribution in [0.5, 0.6) is 0 Å². The van der Waals surface area contributed by atoms with Gasteiger partial charge in [-0.15, -0.1) is 0 Å². The largest absolute Gasteiger partial charge is 0.297 e. The maximum absolute atomic E-state index is 13.1. The molecule has 1 saturated heterocycles. The molecule has 0 radical (unpaired) electrons. The molecule has 0 spiro atoms. The lowest BCUT2D eigenvalue weighted by atomic mass is 10.0. The lowest BCUT2D eigenvalue weighted by Gasteiger charge is -2.32. The van der Waals surface area contributed by atoms with E-state index < -0.39 is 0 Å². The molecule has 1 fully saturated rings. The third kappa shape index (κ3) is 2.57. The normalized spacial score (nSPS) is 20.1. The lowest BCUT2D eigenvalue weighted by molar-refractivity contribution is 0.174. The highest BCUT2D eigenvalue weighted by Gasteiger charge is 2.17. The molecule has 15 heavy (non-hydrogen) atoms. The van der Waals surface area contributed by atoms with Crippen LogP contribution in [-0.4, -0.2) is 18.0 Å². The Kier molecular flexibility index (Phi) is 3.37. The summed E-state index contributed by atoms with van der Waals surface area (Å²) in [7, 11) is 0. The van der Waals surface area contributed by atoms with Crippen LogP contribution >= 0.6 is 0 Å². The van der Waals surface area contributed by atoms with Crippen molar-refractivity contribution in [2.75, 3.05) is 13.1 Å². The molecule has 1 heterocycles. The zero-order valence-corrected chi connectivity index (χ0v) is 9.25. The molecule has 2 rings (SSSR count). The number of halogens is 1. The minimum Gasteiger partial charge on any atom is -0.297 e. The van der Waals surface area contributed by atoms with E-state index in [0.717, 1.165) is 18.7 Å². The molecule has 1 aliphatic heterocycles. The van der Waals surface area contributed by atoms with Crippen molar-refractivity contribution in [3.05, 3.63) is 35.6 Å². The molecule has 1 aromatic rings. The van der Waals surface area contributed by atoms with Gasteiger partial charge >= 0.3 is 0 Å². The van der Waals surface area contributed by atoms with Crippen molar-refractivity contribution in [2.45, 2.75) is 32.2 Å². The van der Waals surface area contributed by atoms with Crippen LogP contribution in [0.2, 0.25) is 0 Å². The number of rotatable bonds is 2. The lowest BCUT2D eigenvalue weighted by Crippen LogP contribution is -2.32. The van der Waals surface area contributed by atoms with Crippen LogP contribution in [0.3, 0.4) is 0 Å². The fourth-order valence-electron chi connectivity index (χ4n) is 2.28. The first-order valence-corrected chi connectivity index (χ1v) is 5.77. The summed E-state index contributed by atoms with van der Waals surface area (Å²) in [6, 6.07) is 7.32. The molecule has 2 heteroatoms. The van der Waals surface area contributed by atoms with Crippen LogP contribution in [-0.2, 0) is 0 Å². The van der Waals surface area contributed by atoms with E-state index in [1.165, 1.54) is 25.3 Å². The maximum atomic E-state index is 13.1. The van der Waals surface area contributed by atoms with Gasteiger partial charge in [0.05, 0.1) is 0 Å². The highest BCUT2D eigenvalue weighted by Crippen LogP contribution is 2.24. The standard InChI is InChI=1S/C13H18FN/c1-11(15-8-3-2-4-9-15)12-6-5-7-13(14)10-12/h5-7,10-11H,2-4,8-9H2,1H3. The molecule has 0 amide bonds. The van der Waals surface area contributed by atoms with E-state index in [2.05, 4.69) is 11.8 Å². The number of piperidine rings is 1. The van der Waals surface area contributed by atoms with Gasteiger partial charge in [-0.1, -0.05) is 18.6 Å². The third-order valence-corrected chi connectivity index (χ3v) is 3.27. The topological polar surface area (TPSA) is 3.24 Å². The maximum Gasteiger partial charge on any atom is 0.123 e. The minimum absolute atomic E-state index is 0.128. The Morgan fingerprint density at radius 2 is 1.93 bits per heavy atom. The van der Waals surface area contributed by atoms with E-state index in [9.17, 15) is 4.39 Å². The molecule has 1 aliphatic rings. The van der Waals surface area contributed by atoms with Crippen molar-refractivity contribution in [1.82, 2.24) is 4.90 Å². The highest BCUT2D eigenvalue weighted by molar-refractivity contribution is 5.19. The van der Waals surface area contributed by atoms with Crippen LogP contribution in [0.4, 0.5) is 4.39 Å². The Morgan fingerprint density at radius 3 is 2.60 bits per heavy atom. The van der Waals surface area contributed by atoms with Crippen LogP contribution in [0.25, 0.3) is 0 Å². The molecule has 0 bridgehead atoms. The van der Waals surface area contributed by atoms with Gasteiger partial charge in [-0.25, -0.2) is 4.39 Å². The number of likely N-dealkylation sites (tertiary alicyclic amines) is 1. The summed E-state index contributed by atoms with van der Waals surface area (Å²) in [5.41, 5.74) is 1.09. The van der Waals surface area contributed by atoms with Crippen LogP contribution in [0, 0.1) is 5.82 Å². The fraction of sp³-hybridized carbons (Fsp3) is 0.538. The summed E-state index contributed by atoms with van der Waals surface area (Å²) < 4.78 is 13.1. The van der Waals surface area contributed by atoms with Gasteiger partial charge in [0.25, 0.3) is 0 Å². The number of benzene rings is 1. The van der Waals surface area contributed by atoms with Crippen LogP contribution < -0.4 is 0 Å². The molecule has 1 unspecified atom stereocenters. The second-order valence-electron chi connectivity index (χ2n) is 4.33. The molecule has 1 aromatic carbocycles. The fourth-order valence-corrected chi connectivity index (χ4v) is 2.28. The number of hydrogen-bond donors (Lipinski definition) is 0. The average molecular weight is 207 g/mol. The first-order chi connectivity index (χ1) is 7.27. The Hall–Kier alpha value is -0.890. The summed E-state index contributed by atoms with van der Waals surface area (Å²) in [6.45, 7) is 4.47. The van der Waals surface area contributed by atoms with E-state index in [1.54, 1.807) is 12.1 Å². The van der Waals surface area contributed by atoms with E-state index in [1.807, 2.05) is 6.07 Å². The van der Waals surface area contributed by atoms with Gasteiger partial charge in [-0.05, 0) is 50.6 Å². The average Bonchev–Trinajstić information content (AvgIpc) is 2.29. The summed E-state index contributed by atoms with van der Waals surface area (Å²) in [4.78, 5) is 2.44. The first-order valence-electron chi connectivity index (χ1n) is 5.77. The summed E-state index contributed by atoms with van der Waals surface area (Å²) >= 11 is 0. The van der Waals surface area contributed by atoms with Gasteiger partial charge in [0.15, 0.2) is 0 Å². The van der Waals surface area contributed by atoms with Crippen molar-refractivity contribution in [3.8, 4) is 0 Å². The van der Waals surface area contributed by atoms with Gasteiger partial charge in [-0.2, -0.15) is 0 Å². The van der Waals surface area contributed by atoms with Gasteiger partial charge < -0.3 is 0 Å². The van der Waals surface area contributed by atoms with Gasteiger partial charge in [-0.3, -0.25) is 4.90 Å². The second-order valence-corrected chi connectivity index (χ2v) is 4.33. The van der Waals surface area contributed by atoms with E-state index in [4.69, 9.17) is 0 Å². The molecule has 0 aliphatic carbocycles. The molecule has 1 atom stereocenters. The monoisotopic (exact) mass is 207 g/mol.